The lowest BCUT2D eigenvalue weighted by molar-refractivity contribution is -0.228. The summed E-state index contributed by atoms with van der Waals surface area (Å²) in [5.41, 5.74) is 1.59. The highest BCUT2D eigenvalue weighted by Gasteiger charge is 2.47. The molecule has 716 valence electrons. The fourth-order valence-corrected chi connectivity index (χ4v) is 11.4. The zero-order chi connectivity index (χ0) is 90.4. The molecule has 0 saturated carbocycles. The van der Waals surface area contributed by atoms with Crippen molar-refractivity contribution in [3.8, 4) is 11.5 Å². The van der Waals surface area contributed by atoms with Crippen LogP contribution in [0.15, 0.2) is 48.6 Å². The number of nitrogens with one attached hydrogen (secondary N) is 3. The molecule has 1 fully saturated rings. The number of carbonyl (C=O) groups is 7. The molecular weight excluding hydrogens is 1660 g/mol. The Balaban J connectivity index is 1.21. The molecule has 0 radical (unpaired) electrons. The second kappa shape index (κ2) is 73.1. The Bertz CT molecular complexity index is 3170. The van der Waals surface area contributed by atoms with E-state index in [0.717, 1.165) is 17.1 Å². The second-order valence-corrected chi connectivity index (χ2v) is 28.0. The standard InChI is InChI=1S/C84H138N4O37/c1-63(2)76(83(97)85-64(3)81(95)86-69-10-8-68(62-124-65(4)89)67(61-69)9-12-72-77(92)78(93)79(94)80(125-72)84(98)99)87-82(96)70(88-74(90)13-14-75(88)91)59-66-7-11-71(122-57-55-120-53-51-118-49-47-116-45-43-114-41-39-112-37-35-110-33-31-108-29-27-106-25-23-104-21-19-102-17-15-100-5)73(60-66)123-58-56-121-54-52-119-50-48-117-46-44-115-42-40-113-38-36-111-34-32-109-30-28-107-26-24-105-22-20-103-18-16-101-6/h7-8,10-11,13-14,60-61,63-64,70,72,76-80,92-94H,9,12,15-59,62H2,1-6H3,(H,85,97)(H,86,95)(H,87,96)(H,98,99)/t64?,70-,72-,76-,77-,78+,79-,80-/m0/s1. The molecule has 2 aromatic rings. The number of nitrogens with zero attached hydrogens (tertiary/aromatic N) is 1. The largest absolute Gasteiger partial charge is 0.487 e. The highest BCUT2D eigenvalue weighted by atomic mass is 16.6. The van der Waals surface area contributed by atoms with Gasteiger partial charge in [0.05, 0.1) is 284 Å². The van der Waals surface area contributed by atoms with Gasteiger partial charge in [-0.15, -0.1) is 0 Å². The van der Waals surface area contributed by atoms with Crippen LogP contribution in [0.5, 0.6) is 11.5 Å². The number of carbonyl (C=O) groups excluding carboxylic acids is 6. The van der Waals surface area contributed by atoms with Crippen molar-refractivity contribution < 1.29 is 177 Å². The Morgan fingerprint density at radius 3 is 1.10 bits per heavy atom. The number of imide groups is 1. The van der Waals surface area contributed by atoms with E-state index in [1.165, 1.54) is 26.0 Å². The molecule has 7 N–H and O–H groups in total. The first-order valence-corrected chi connectivity index (χ1v) is 42.4. The lowest BCUT2D eigenvalue weighted by Crippen LogP contribution is -2.59. The minimum Gasteiger partial charge on any atom is -0.487 e. The Labute approximate surface area is 732 Å². The highest BCUT2D eigenvalue weighted by molar-refractivity contribution is 6.15. The number of aliphatic carboxylic acids is 1. The molecule has 0 aliphatic carbocycles. The second-order valence-electron chi connectivity index (χ2n) is 28.0. The van der Waals surface area contributed by atoms with Gasteiger partial charge in [0.25, 0.3) is 11.8 Å². The van der Waals surface area contributed by atoms with Crippen LogP contribution in [0.25, 0.3) is 0 Å². The van der Waals surface area contributed by atoms with Crippen molar-refractivity contribution in [2.45, 2.75) is 102 Å². The maximum absolute atomic E-state index is 14.6. The number of carboxylic acid groups (broad SMARTS) is 1. The predicted molar refractivity (Wildman–Crippen MR) is 444 cm³/mol. The van der Waals surface area contributed by atoms with Crippen LogP contribution in [0.4, 0.5) is 5.69 Å². The van der Waals surface area contributed by atoms with Gasteiger partial charge in [-0.3, -0.25) is 33.7 Å². The first-order valence-electron chi connectivity index (χ1n) is 42.4. The molecule has 41 heteroatoms. The topological polar surface area (TPSA) is 480 Å². The lowest BCUT2D eigenvalue weighted by Gasteiger charge is -2.39. The fourth-order valence-electron chi connectivity index (χ4n) is 11.4. The van der Waals surface area contributed by atoms with E-state index in [9.17, 15) is 54.0 Å². The van der Waals surface area contributed by atoms with Gasteiger partial charge in [-0.25, -0.2) is 4.79 Å². The summed E-state index contributed by atoms with van der Waals surface area (Å²) < 4.78 is 144. The molecule has 0 spiro atoms. The van der Waals surface area contributed by atoms with Gasteiger partial charge in [-0.1, -0.05) is 26.0 Å². The van der Waals surface area contributed by atoms with E-state index in [1.54, 1.807) is 52.3 Å². The summed E-state index contributed by atoms with van der Waals surface area (Å²) in [5.74, 6) is -6.14. The number of esters is 1. The Morgan fingerprint density at radius 1 is 0.408 bits per heavy atom. The van der Waals surface area contributed by atoms with Crippen molar-refractivity contribution in [2.24, 2.45) is 5.92 Å². The molecular formula is C84H138N4O37. The van der Waals surface area contributed by atoms with Gasteiger partial charge < -0.3 is 160 Å². The monoisotopic (exact) mass is 1790 g/mol. The average Bonchev–Trinajstić information content (AvgIpc) is 1.79. The van der Waals surface area contributed by atoms with E-state index in [1.807, 2.05) is 0 Å². The summed E-state index contributed by atoms with van der Waals surface area (Å²) in [6.45, 7) is 23.0. The normalized spacial score (nSPS) is 16.6. The Kier molecular flexibility index (Phi) is 64.6. The zero-order valence-corrected chi connectivity index (χ0v) is 73.5. The van der Waals surface area contributed by atoms with Gasteiger partial charge >= 0.3 is 11.9 Å². The number of hydrogen-bond donors (Lipinski definition) is 7. The summed E-state index contributed by atoms with van der Waals surface area (Å²) >= 11 is 0. The summed E-state index contributed by atoms with van der Waals surface area (Å²) in [6.07, 6.45) is -6.68. The quantitative estimate of drug-likeness (QED) is 0.0263. The van der Waals surface area contributed by atoms with Gasteiger partial charge in [-0.2, -0.15) is 0 Å². The molecule has 0 bridgehead atoms. The van der Waals surface area contributed by atoms with E-state index in [4.69, 9.17) is 123 Å². The number of hydrogen-bond acceptors (Lipinski definition) is 36. The minimum atomic E-state index is -1.90. The van der Waals surface area contributed by atoms with Gasteiger partial charge in [0.1, 0.15) is 56.3 Å². The van der Waals surface area contributed by atoms with Crippen LogP contribution in [0.2, 0.25) is 0 Å². The number of benzene rings is 2. The number of ether oxygens (including phenoxy) is 26. The third kappa shape index (κ3) is 52.5. The fraction of sp³-hybridized carbons (Fsp3) is 0.750. The number of methoxy groups -OCH3 is 2. The van der Waals surface area contributed by atoms with Gasteiger partial charge in [0, 0.05) is 45.4 Å². The molecule has 2 aliphatic rings. The lowest BCUT2D eigenvalue weighted by atomic mass is 9.91. The van der Waals surface area contributed by atoms with Crippen LogP contribution < -0.4 is 25.4 Å². The van der Waals surface area contributed by atoms with Gasteiger partial charge in [-0.05, 0) is 66.6 Å². The van der Waals surface area contributed by atoms with E-state index in [-0.39, 0.29) is 90.2 Å². The zero-order valence-electron chi connectivity index (χ0n) is 73.5. The molecule has 1 unspecified atom stereocenters. The number of anilines is 1. The molecule has 8 atom stereocenters. The van der Waals surface area contributed by atoms with Crippen molar-refractivity contribution in [2.75, 3.05) is 310 Å². The number of rotatable bonds is 84. The summed E-state index contributed by atoms with van der Waals surface area (Å²) in [7, 11) is 3.25. The molecule has 2 aliphatic heterocycles. The number of amides is 5. The molecule has 4 rings (SSSR count). The molecule has 1 saturated heterocycles. The summed E-state index contributed by atoms with van der Waals surface area (Å²) in [4.78, 5) is 93.8. The van der Waals surface area contributed by atoms with Crippen LogP contribution in [-0.2, 0) is 167 Å². The SMILES string of the molecule is COCCOCCOCCOCCOCCOCCOCCOCCOCCOCCOCCOc1ccc(C[C@@H](C(=O)N[C@H](C(=O)NC(C)C(=O)Nc2ccc(COC(C)=O)c(CC[C@@H]3O[C@H](C(=O)O)[C@@H](O)[C@H](O)[C@H]3O)c2)C(C)C)N2C(=O)C=CC2=O)cc1OCCOCCOCCOCCOCCOCCOCCOCCOCCOCCOCCOC. The molecule has 2 heterocycles. The van der Waals surface area contributed by atoms with Gasteiger partial charge in [0.15, 0.2) is 17.6 Å². The number of aryl methyl sites for hydroxylation is 1. The first-order chi connectivity index (χ1) is 60.9. The van der Waals surface area contributed by atoms with Crippen molar-refractivity contribution in [3.63, 3.8) is 0 Å². The minimum absolute atomic E-state index is 0.0300. The summed E-state index contributed by atoms with van der Waals surface area (Å²) in [6, 6.07) is 5.39. The van der Waals surface area contributed by atoms with E-state index in [0.29, 0.717) is 260 Å². The maximum atomic E-state index is 14.6. The first kappa shape index (κ1) is 111. The highest BCUT2D eigenvalue weighted by Crippen LogP contribution is 2.31. The average molecular weight is 1800 g/mol. The van der Waals surface area contributed by atoms with Crippen molar-refractivity contribution >= 4 is 47.2 Å². The third-order valence-corrected chi connectivity index (χ3v) is 18.0. The van der Waals surface area contributed by atoms with Crippen LogP contribution in [0.1, 0.15) is 50.8 Å². The number of carboxylic acids is 1. The number of aliphatic hydroxyl groups excluding tert-OH is 3. The van der Waals surface area contributed by atoms with Crippen molar-refractivity contribution in [1.82, 2.24) is 15.5 Å². The van der Waals surface area contributed by atoms with Crippen LogP contribution in [0, 0.1) is 5.92 Å². The molecule has 125 heavy (non-hydrogen) atoms. The maximum Gasteiger partial charge on any atom is 0.335 e. The molecule has 41 nitrogen and oxygen atoms in total. The van der Waals surface area contributed by atoms with Crippen molar-refractivity contribution in [1.29, 1.82) is 0 Å². The van der Waals surface area contributed by atoms with Crippen LogP contribution in [0.3, 0.4) is 0 Å². The van der Waals surface area contributed by atoms with Crippen molar-refractivity contribution in [3.05, 3.63) is 65.2 Å². The van der Waals surface area contributed by atoms with Gasteiger partial charge in [0.2, 0.25) is 17.7 Å². The molecule has 5 amide bonds. The molecule has 0 aromatic heterocycles. The Morgan fingerprint density at radius 2 is 0.760 bits per heavy atom. The number of aliphatic hydroxyl groups is 3. The van der Waals surface area contributed by atoms with Crippen LogP contribution in [-0.4, -0.2) is 420 Å². The van der Waals surface area contributed by atoms with E-state index in [2.05, 4.69) is 16.0 Å². The summed E-state index contributed by atoms with van der Waals surface area (Å²) in [5, 5.41) is 49.0. The Hall–Kier alpha value is -6.77. The van der Waals surface area contributed by atoms with E-state index >= 15 is 0 Å². The molecule has 2 aromatic carbocycles. The smallest absolute Gasteiger partial charge is 0.335 e. The third-order valence-electron chi connectivity index (χ3n) is 18.0. The predicted octanol–water partition coefficient (Wildman–Crippen LogP) is 0.120. The van der Waals surface area contributed by atoms with Crippen LogP contribution >= 0.6 is 0 Å². The van der Waals surface area contributed by atoms with E-state index < -0.39 is 96.0 Å².